The number of aliphatic hydroxyl groups is 1. The van der Waals surface area contributed by atoms with Gasteiger partial charge in [-0.2, -0.15) is 0 Å². The van der Waals surface area contributed by atoms with Gasteiger partial charge < -0.3 is 15.1 Å². The number of nitrogens with zero attached hydrogens (tertiary/aromatic N) is 1. The van der Waals surface area contributed by atoms with Crippen molar-refractivity contribution in [2.75, 3.05) is 4.90 Å². The summed E-state index contributed by atoms with van der Waals surface area (Å²) in [5, 5.41) is 19.7. The highest BCUT2D eigenvalue weighted by atomic mass is 32.1. The largest absolute Gasteiger partial charge is 0.477 e. The molecule has 0 bridgehead atoms. The molecule has 2 aliphatic carbocycles. The van der Waals surface area contributed by atoms with Gasteiger partial charge in [0.25, 0.3) is 0 Å². The molecule has 29 heavy (non-hydrogen) atoms. The summed E-state index contributed by atoms with van der Waals surface area (Å²) < 4.78 is 0. The number of anilines is 1. The van der Waals surface area contributed by atoms with E-state index in [9.17, 15) is 19.8 Å². The van der Waals surface area contributed by atoms with E-state index in [1.807, 2.05) is 6.92 Å². The van der Waals surface area contributed by atoms with Gasteiger partial charge in [-0.05, 0) is 63.4 Å². The van der Waals surface area contributed by atoms with Gasteiger partial charge in [0.15, 0.2) is 0 Å². The number of carbonyl (C=O) groups excluding carboxylic acids is 1. The van der Waals surface area contributed by atoms with Gasteiger partial charge in [-0.1, -0.05) is 25.7 Å². The number of carboxylic acid groups (broad SMARTS) is 1. The Morgan fingerprint density at radius 3 is 2.38 bits per heavy atom. The van der Waals surface area contributed by atoms with E-state index in [2.05, 4.69) is 18.8 Å². The van der Waals surface area contributed by atoms with Crippen molar-refractivity contribution in [1.29, 1.82) is 0 Å². The van der Waals surface area contributed by atoms with Gasteiger partial charge in [0.1, 0.15) is 4.88 Å². The zero-order valence-corrected chi connectivity index (χ0v) is 18.1. The molecule has 6 heteroatoms. The molecule has 0 atom stereocenters. The summed E-state index contributed by atoms with van der Waals surface area (Å²) in [5.74, 6) is 5.65. The fraction of sp³-hybridized carbons (Fsp3) is 0.652. The SMILES string of the molecule is CCC#Cc1cc(N(C(=O)[C@H]2CC[C@H](C)CC2)[C@H]2CC[C@H](O)CC2)c(C(=O)O)s1. The van der Waals surface area contributed by atoms with Crippen molar-refractivity contribution in [2.45, 2.75) is 83.8 Å². The lowest BCUT2D eigenvalue weighted by Crippen LogP contribution is -2.47. The Bertz CT molecular complexity index is 790. The fourth-order valence-corrected chi connectivity index (χ4v) is 5.33. The Labute approximate surface area is 177 Å². The van der Waals surface area contributed by atoms with Gasteiger partial charge in [0, 0.05) is 18.4 Å². The Balaban J connectivity index is 1.97. The van der Waals surface area contributed by atoms with Gasteiger partial charge in [0.2, 0.25) is 5.91 Å². The lowest BCUT2D eigenvalue weighted by molar-refractivity contribution is -0.124. The third kappa shape index (κ3) is 5.21. The molecule has 158 valence electrons. The summed E-state index contributed by atoms with van der Waals surface area (Å²) in [6.45, 7) is 4.17. The van der Waals surface area contributed by atoms with Crippen molar-refractivity contribution in [3.8, 4) is 11.8 Å². The van der Waals surface area contributed by atoms with Crippen LogP contribution in [0.1, 0.15) is 86.2 Å². The van der Waals surface area contributed by atoms with E-state index in [0.717, 1.165) is 37.0 Å². The Kier molecular flexibility index (Phi) is 7.37. The first-order valence-corrected chi connectivity index (χ1v) is 11.6. The van der Waals surface area contributed by atoms with Crippen molar-refractivity contribution in [1.82, 2.24) is 0 Å². The van der Waals surface area contributed by atoms with Gasteiger partial charge >= 0.3 is 5.97 Å². The maximum Gasteiger partial charge on any atom is 0.348 e. The molecule has 5 nitrogen and oxygen atoms in total. The molecule has 0 saturated heterocycles. The molecule has 1 heterocycles. The molecule has 0 radical (unpaired) electrons. The number of carboxylic acids is 1. The summed E-state index contributed by atoms with van der Waals surface area (Å²) in [5.41, 5.74) is 0.493. The summed E-state index contributed by atoms with van der Waals surface area (Å²) in [6, 6.07) is 1.72. The first kappa shape index (κ1) is 21.9. The summed E-state index contributed by atoms with van der Waals surface area (Å²) >= 11 is 1.15. The van der Waals surface area contributed by atoms with Crippen LogP contribution in [0.5, 0.6) is 0 Å². The van der Waals surface area contributed by atoms with Crippen molar-refractivity contribution >= 4 is 28.9 Å². The highest BCUT2D eigenvalue weighted by Gasteiger charge is 2.37. The van der Waals surface area contributed by atoms with Gasteiger partial charge in [0.05, 0.1) is 16.7 Å². The first-order valence-electron chi connectivity index (χ1n) is 10.8. The van der Waals surface area contributed by atoms with Crippen molar-refractivity contribution in [3.05, 3.63) is 15.8 Å². The minimum atomic E-state index is -1.01. The van der Waals surface area contributed by atoms with Crippen LogP contribution < -0.4 is 4.90 Å². The molecule has 0 aliphatic heterocycles. The van der Waals surface area contributed by atoms with Gasteiger partial charge in [-0.3, -0.25) is 4.79 Å². The lowest BCUT2D eigenvalue weighted by atomic mass is 9.81. The van der Waals surface area contributed by atoms with Crippen LogP contribution in [-0.2, 0) is 4.79 Å². The minimum absolute atomic E-state index is 0.0496. The zero-order valence-electron chi connectivity index (χ0n) is 17.3. The number of rotatable bonds is 4. The molecule has 2 aliphatic rings. The third-order valence-electron chi connectivity index (χ3n) is 6.19. The fourth-order valence-electron chi connectivity index (χ4n) is 4.47. The van der Waals surface area contributed by atoms with Crippen molar-refractivity contribution in [2.24, 2.45) is 11.8 Å². The molecule has 2 fully saturated rings. The average Bonchev–Trinajstić information content (AvgIpc) is 3.12. The quantitative estimate of drug-likeness (QED) is 0.698. The molecule has 1 aromatic rings. The first-order chi connectivity index (χ1) is 13.9. The number of thiophene rings is 1. The van der Waals surface area contributed by atoms with Crippen molar-refractivity contribution in [3.63, 3.8) is 0 Å². The minimum Gasteiger partial charge on any atom is -0.477 e. The Morgan fingerprint density at radius 1 is 1.14 bits per heavy atom. The third-order valence-corrected chi connectivity index (χ3v) is 7.22. The van der Waals surface area contributed by atoms with Gasteiger partial charge in [-0.25, -0.2) is 4.79 Å². The average molecular weight is 418 g/mol. The summed E-state index contributed by atoms with van der Waals surface area (Å²) in [4.78, 5) is 28.2. The second-order valence-electron chi connectivity index (χ2n) is 8.41. The Hall–Kier alpha value is -1.84. The number of aromatic carboxylic acids is 1. The van der Waals surface area contributed by atoms with Crippen LogP contribution in [0.25, 0.3) is 0 Å². The topological polar surface area (TPSA) is 77.8 Å². The predicted molar refractivity (Wildman–Crippen MR) is 115 cm³/mol. The monoisotopic (exact) mass is 417 g/mol. The second-order valence-corrected chi connectivity index (χ2v) is 9.47. The molecule has 0 aromatic carbocycles. The molecule has 2 saturated carbocycles. The maximum atomic E-state index is 13.6. The van der Waals surface area contributed by atoms with Crippen LogP contribution in [0.2, 0.25) is 0 Å². The van der Waals surface area contributed by atoms with E-state index < -0.39 is 5.97 Å². The van der Waals surface area contributed by atoms with E-state index >= 15 is 0 Å². The number of hydrogen-bond acceptors (Lipinski definition) is 4. The second kappa shape index (κ2) is 9.77. The lowest BCUT2D eigenvalue weighted by Gasteiger charge is -2.38. The van der Waals surface area contributed by atoms with Crippen LogP contribution in [0.4, 0.5) is 5.69 Å². The number of carbonyl (C=O) groups is 2. The van der Waals surface area contributed by atoms with E-state index in [4.69, 9.17) is 0 Å². The molecule has 1 aromatic heterocycles. The zero-order chi connectivity index (χ0) is 21.0. The van der Waals surface area contributed by atoms with E-state index in [-0.39, 0.29) is 28.8 Å². The number of hydrogen-bond donors (Lipinski definition) is 2. The van der Waals surface area contributed by atoms with E-state index in [0.29, 0.717) is 48.6 Å². The smallest absolute Gasteiger partial charge is 0.348 e. The van der Waals surface area contributed by atoms with Crippen LogP contribution in [0.3, 0.4) is 0 Å². The van der Waals surface area contributed by atoms with E-state index in [1.165, 1.54) is 0 Å². The van der Waals surface area contributed by atoms with E-state index in [1.54, 1.807) is 11.0 Å². The molecular formula is C23H31NO4S. The molecule has 3 rings (SSSR count). The predicted octanol–water partition coefficient (Wildman–Crippen LogP) is 4.67. The Morgan fingerprint density at radius 2 is 1.79 bits per heavy atom. The highest BCUT2D eigenvalue weighted by molar-refractivity contribution is 7.15. The van der Waals surface area contributed by atoms with Crippen molar-refractivity contribution < 1.29 is 19.8 Å². The molecule has 1 amide bonds. The highest BCUT2D eigenvalue weighted by Crippen LogP contribution is 2.38. The van der Waals surface area contributed by atoms with Crippen LogP contribution in [0, 0.1) is 23.7 Å². The number of amides is 1. The van der Waals surface area contributed by atoms with Gasteiger partial charge in [-0.15, -0.1) is 11.3 Å². The standard InChI is InChI=1S/C23H31NO4S/c1-3-4-5-19-14-20(21(29-19)23(27)28)24(17-10-12-18(25)13-11-17)22(26)16-8-6-15(2)7-9-16/h14-18,25H,3,6-13H2,1-2H3,(H,27,28)/t15-,16-,17-,18-. The summed E-state index contributed by atoms with van der Waals surface area (Å²) in [7, 11) is 0. The molecular weight excluding hydrogens is 386 g/mol. The molecule has 2 N–H and O–H groups in total. The molecule has 0 unspecified atom stereocenters. The summed E-state index contributed by atoms with van der Waals surface area (Å²) in [6.07, 6.45) is 6.84. The van der Waals surface area contributed by atoms with Crippen LogP contribution in [0.15, 0.2) is 6.07 Å². The normalized spacial score (nSPS) is 27.0. The molecule has 0 spiro atoms. The van der Waals surface area contributed by atoms with Crippen LogP contribution in [-0.4, -0.2) is 34.2 Å². The number of aliphatic hydroxyl groups excluding tert-OH is 1. The maximum absolute atomic E-state index is 13.6. The van der Waals surface area contributed by atoms with Crippen LogP contribution >= 0.6 is 11.3 Å².